The Morgan fingerprint density at radius 3 is 2.68 bits per heavy atom. The fraction of sp³-hybridized carbons (Fsp3) is 0.296. The van der Waals surface area contributed by atoms with Crippen LogP contribution in [0.25, 0.3) is 33.0 Å². The highest BCUT2D eigenvalue weighted by atomic mass is 32.1. The van der Waals surface area contributed by atoms with Crippen molar-refractivity contribution in [1.29, 1.82) is 5.41 Å². The largest absolute Gasteiger partial charge is 0.404 e. The predicted molar refractivity (Wildman–Crippen MR) is 150 cm³/mol. The Hall–Kier alpha value is -3.89. The molecule has 4 heterocycles. The van der Waals surface area contributed by atoms with Gasteiger partial charge in [-0.2, -0.15) is 5.10 Å². The number of carbonyl (C=O) groups is 1. The van der Waals surface area contributed by atoms with Crippen molar-refractivity contribution in [1.82, 2.24) is 29.8 Å². The molecule has 0 spiro atoms. The second kappa shape index (κ2) is 11.4. The molecule has 9 nitrogen and oxygen atoms in total. The van der Waals surface area contributed by atoms with Gasteiger partial charge in [-0.15, -0.1) is 11.3 Å². The van der Waals surface area contributed by atoms with Crippen LogP contribution in [0.4, 0.5) is 0 Å². The van der Waals surface area contributed by atoms with Gasteiger partial charge in [-0.3, -0.25) is 9.69 Å². The lowest BCUT2D eigenvalue weighted by Gasteiger charge is -2.26. The minimum Gasteiger partial charge on any atom is -0.404 e. The molecule has 10 heteroatoms. The van der Waals surface area contributed by atoms with Gasteiger partial charge in [-0.25, -0.2) is 14.5 Å². The van der Waals surface area contributed by atoms with Gasteiger partial charge in [-0.1, -0.05) is 19.9 Å². The minimum atomic E-state index is -0.216. The first-order chi connectivity index (χ1) is 17.9. The summed E-state index contributed by atoms with van der Waals surface area (Å²) < 4.78 is 1.69. The van der Waals surface area contributed by atoms with E-state index in [-0.39, 0.29) is 17.7 Å². The summed E-state index contributed by atoms with van der Waals surface area (Å²) in [5.41, 5.74) is 10.1. The number of fused-ring (bicyclic) bond motifs is 1. The summed E-state index contributed by atoms with van der Waals surface area (Å²) in [4.78, 5) is 26.2. The van der Waals surface area contributed by atoms with Crippen LogP contribution in [0.5, 0.6) is 0 Å². The number of rotatable bonds is 10. The highest BCUT2D eigenvalue weighted by molar-refractivity contribution is 7.13. The van der Waals surface area contributed by atoms with Crippen molar-refractivity contribution >= 4 is 34.2 Å². The standard InChI is InChI=1S/C27H32N8OS/c1-5-34(6-2)17(3)15-30-27(36)19-12-23(20(14-28)18(4)29)32-24(13-19)21-16-31-35-10-9-22(33-26(21)35)25-8-7-11-37-25/h7-14,16-17,29H,5-6,15,28H2,1-4H3,(H,30,36)/b20-14+,29-18?. The Morgan fingerprint density at radius 1 is 1.24 bits per heavy atom. The number of aromatic nitrogens is 4. The molecule has 192 valence electrons. The summed E-state index contributed by atoms with van der Waals surface area (Å²) >= 11 is 1.61. The number of hydrogen-bond acceptors (Lipinski definition) is 8. The van der Waals surface area contributed by atoms with Crippen molar-refractivity contribution in [2.24, 2.45) is 5.73 Å². The molecule has 0 bridgehead atoms. The molecule has 1 unspecified atom stereocenters. The van der Waals surface area contributed by atoms with E-state index in [1.807, 2.05) is 29.8 Å². The number of thiophene rings is 1. The first kappa shape index (κ1) is 26.2. The van der Waals surface area contributed by atoms with E-state index in [2.05, 4.69) is 36.1 Å². The van der Waals surface area contributed by atoms with Gasteiger partial charge in [-0.05, 0) is 56.6 Å². The zero-order chi connectivity index (χ0) is 26.5. The van der Waals surface area contributed by atoms with E-state index >= 15 is 0 Å². The van der Waals surface area contributed by atoms with Gasteiger partial charge in [0.15, 0.2) is 5.65 Å². The monoisotopic (exact) mass is 516 g/mol. The van der Waals surface area contributed by atoms with Crippen LogP contribution in [-0.4, -0.2) is 61.8 Å². The van der Waals surface area contributed by atoms with Crippen molar-refractivity contribution in [2.75, 3.05) is 19.6 Å². The Morgan fingerprint density at radius 2 is 2.03 bits per heavy atom. The number of likely N-dealkylation sites (N-methyl/N-ethyl adjacent to an activating group) is 1. The van der Waals surface area contributed by atoms with Crippen LogP contribution in [0.15, 0.2) is 54.3 Å². The molecule has 0 aliphatic rings. The van der Waals surface area contributed by atoms with E-state index in [1.54, 1.807) is 41.1 Å². The number of allylic oxidation sites excluding steroid dienone is 1. The van der Waals surface area contributed by atoms with Gasteiger partial charge in [0, 0.05) is 41.8 Å². The zero-order valence-corrected chi connectivity index (χ0v) is 22.3. The quantitative estimate of drug-likeness (QED) is 0.270. The van der Waals surface area contributed by atoms with Crippen molar-refractivity contribution < 1.29 is 4.79 Å². The molecule has 0 fully saturated rings. The molecule has 1 amide bonds. The molecule has 4 aromatic heterocycles. The molecule has 0 aliphatic heterocycles. The smallest absolute Gasteiger partial charge is 0.251 e. The summed E-state index contributed by atoms with van der Waals surface area (Å²) in [7, 11) is 0. The van der Waals surface area contributed by atoms with Crippen LogP contribution in [0.3, 0.4) is 0 Å². The number of pyridine rings is 1. The molecular weight excluding hydrogens is 484 g/mol. The molecule has 4 aromatic rings. The molecule has 0 saturated carbocycles. The van der Waals surface area contributed by atoms with Gasteiger partial charge < -0.3 is 16.5 Å². The van der Waals surface area contributed by atoms with E-state index in [4.69, 9.17) is 21.1 Å². The Bertz CT molecular complexity index is 1440. The maximum absolute atomic E-state index is 13.3. The van der Waals surface area contributed by atoms with Gasteiger partial charge in [0.25, 0.3) is 5.91 Å². The highest BCUT2D eigenvalue weighted by Gasteiger charge is 2.19. The van der Waals surface area contributed by atoms with Gasteiger partial charge in [0.05, 0.1) is 33.7 Å². The summed E-state index contributed by atoms with van der Waals surface area (Å²) in [6.45, 7) is 10.3. The molecule has 0 saturated heterocycles. The first-order valence-corrected chi connectivity index (χ1v) is 13.1. The molecule has 0 radical (unpaired) electrons. The molecular formula is C27H32N8OS. The fourth-order valence-corrected chi connectivity index (χ4v) is 4.97. The topological polar surface area (TPSA) is 125 Å². The number of amides is 1. The fourth-order valence-electron chi connectivity index (χ4n) is 4.27. The average molecular weight is 517 g/mol. The number of nitrogens with two attached hydrogens (primary N) is 1. The molecule has 37 heavy (non-hydrogen) atoms. The third-order valence-electron chi connectivity index (χ3n) is 6.35. The van der Waals surface area contributed by atoms with E-state index in [1.165, 1.54) is 6.20 Å². The summed E-state index contributed by atoms with van der Waals surface area (Å²) in [6, 6.07) is 9.54. The lowest BCUT2D eigenvalue weighted by Crippen LogP contribution is -2.42. The summed E-state index contributed by atoms with van der Waals surface area (Å²) in [5.74, 6) is -0.216. The van der Waals surface area contributed by atoms with Crippen molar-refractivity contribution in [2.45, 2.75) is 33.7 Å². The molecule has 0 aliphatic carbocycles. The maximum atomic E-state index is 13.3. The summed E-state index contributed by atoms with van der Waals surface area (Å²) in [5, 5.41) is 17.7. The number of carbonyl (C=O) groups excluding carboxylic acids is 1. The maximum Gasteiger partial charge on any atom is 0.251 e. The minimum absolute atomic E-state index is 0.197. The first-order valence-electron chi connectivity index (χ1n) is 12.3. The Kier molecular flexibility index (Phi) is 8.10. The second-order valence-corrected chi connectivity index (χ2v) is 9.68. The van der Waals surface area contributed by atoms with Crippen LogP contribution < -0.4 is 11.1 Å². The van der Waals surface area contributed by atoms with E-state index in [9.17, 15) is 4.79 Å². The van der Waals surface area contributed by atoms with Crippen LogP contribution >= 0.6 is 11.3 Å². The number of hydrogen-bond donors (Lipinski definition) is 3. The third kappa shape index (κ3) is 5.60. The molecule has 4 rings (SSSR count). The second-order valence-electron chi connectivity index (χ2n) is 8.73. The number of nitrogens with one attached hydrogen (secondary N) is 2. The van der Waals surface area contributed by atoms with Crippen LogP contribution in [-0.2, 0) is 0 Å². The van der Waals surface area contributed by atoms with E-state index in [0.29, 0.717) is 40.3 Å². The van der Waals surface area contributed by atoms with Gasteiger partial charge in [0.2, 0.25) is 0 Å². The van der Waals surface area contributed by atoms with E-state index < -0.39 is 0 Å². The van der Waals surface area contributed by atoms with Crippen molar-refractivity contribution in [3.63, 3.8) is 0 Å². The van der Waals surface area contributed by atoms with Crippen molar-refractivity contribution in [3.8, 4) is 21.8 Å². The SMILES string of the molecule is CCN(CC)C(C)CNC(=O)c1cc(/C(=C/N)C(C)=N)nc(-c2cnn3ccc(-c4cccs4)nc23)c1. The van der Waals surface area contributed by atoms with Crippen molar-refractivity contribution in [3.05, 3.63) is 65.6 Å². The predicted octanol–water partition coefficient (Wildman–Crippen LogP) is 4.32. The third-order valence-corrected chi connectivity index (χ3v) is 7.24. The zero-order valence-electron chi connectivity index (χ0n) is 21.5. The summed E-state index contributed by atoms with van der Waals surface area (Å²) in [6.07, 6.45) is 4.90. The Balaban J connectivity index is 1.76. The van der Waals surface area contributed by atoms with Crippen LogP contribution in [0.1, 0.15) is 43.7 Å². The van der Waals surface area contributed by atoms with Crippen LogP contribution in [0, 0.1) is 5.41 Å². The van der Waals surface area contributed by atoms with Gasteiger partial charge >= 0.3 is 0 Å². The lowest BCUT2D eigenvalue weighted by atomic mass is 10.0. The molecule has 4 N–H and O–H groups in total. The van der Waals surface area contributed by atoms with E-state index in [0.717, 1.165) is 23.7 Å². The normalized spacial score (nSPS) is 12.7. The average Bonchev–Trinajstić information content (AvgIpc) is 3.58. The lowest BCUT2D eigenvalue weighted by molar-refractivity contribution is 0.0938. The molecule has 0 aromatic carbocycles. The number of nitrogens with zero attached hydrogens (tertiary/aromatic N) is 5. The molecule has 1 atom stereocenters. The Labute approximate surface area is 220 Å². The highest BCUT2D eigenvalue weighted by Crippen LogP contribution is 2.28. The van der Waals surface area contributed by atoms with Crippen LogP contribution in [0.2, 0.25) is 0 Å². The van der Waals surface area contributed by atoms with Gasteiger partial charge in [0.1, 0.15) is 0 Å².